The van der Waals surface area contributed by atoms with Gasteiger partial charge in [0.2, 0.25) is 0 Å². The fourth-order valence-corrected chi connectivity index (χ4v) is 4.22. The number of carbonyl (C=O) groups is 2. The van der Waals surface area contributed by atoms with Gasteiger partial charge in [0.15, 0.2) is 0 Å². The van der Waals surface area contributed by atoms with Gasteiger partial charge in [-0.25, -0.2) is 9.59 Å². The highest BCUT2D eigenvalue weighted by atomic mass is 79.9. The Morgan fingerprint density at radius 1 is 0.939 bits per heavy atom. The summed E-state index contributed by atoms with van der Waals surface area (Å²) in [4.78, 5) is 24.8. The van der Waals surface area contributed by atoms with Crippen LogP contribution in [-0.4, -0.2) is 24.2 Å². The van der Waals surface area contributed by atoms with Gasteiger partial charge >= 0.3 is 11.9 Å². The van der Waals surface area contributed by atoms with E-state index in [-0.39, 0.29) is 16.9 Å². The van der Waals surface area contributed by atoms with Crippen molar-refractivity contribution in [2.45, 2.75) is 34.3 Å². The quantitative estimate of drug-likeness (QED) is 0.300. The second-order valence-corrected chi connectivity index (χ2v) is 8.47. The summed E-state index contributed by atoms with van der Waals surface area (Å²) < 4.78 is 17.5. The average Bonchev–Trinajstić information content (AvgIpc) is 2.79. The lowest BCUT2D eigenvalue weighted by Crippen LogP contribution is -2.15. The molecule has 0 atom stereocenters. The van der Waals surface area contributed by atoms with Crippen molar-refractivity contribution in [1.29, 1.82) is 0 Å². The average molecular weight is 513 g/mol. The molecule has 0 saturated heterocycles. The van der Waals surface area contributed by atoms with Gasteiger partial charge in [0, 0.05) is 6.07 Å². The largest absolute Gasteiger partial charge is 0.496 e. The molecular formula is C26H25BrO6. The topological polar surface area (TPSA) is 82.1 Å². The van der Waals surface area contributed by atoms with Crippen molar-refractivity contribution in [2.75, 3.05) is 7.11 Å². The summed E-state index contributed by atoms with van der Waals surface area (Å²) in [6.07, 6.45) is 0. The summed E-state index contributed by atoms with van der Waals surface area (Å²) in [5.41, 5.74) is 3.71. The molecule has 3 aromatic rings. The number of carbonyl (C=O) groups excluding carboxylic acids is 1. The number of hydrogen-bond acceptors (Lipinski definition) is 5. The highest BCUT2D eigenvalue weighted by molar-refractivity contribution is 9.10. The first-order chi connectivity index (χ1) is 15.6. The predicted molar refractivity (Wildman–Crippen MR) is 129 cm³/mol. The summed E-state index contributed by atoms with van der Waals surface area (Å²) >= 11 is 3.40. The van der Waals surface area contributed by atoms with Crippen LogP contribution in [0.15, 0.2) is 46.9 Å². The third kappa shape index (κ3) is 5.03. The highest BCUT2D eigenvalue weighted by Gasteiger charge is 2.25. The zero-order chi connectivity index (χ0) is 24.3. The molecule has 7 heteroatoms. The van der Waals surface area contributed by atoms with Crippen LogP contribution in [0.4, 0.5) is 0 Å². The minimum Gasteiger partial charge on any atom is -0.496 e. The fourth-order valence-electron chi connectivity index (χ4n) is 3.64. The first-order valence-corrected chi connectivity index (χ1v) is 11.0. The van der Waals surface area contributed by atoms with Gasteiger partial charge in [-0.15, -0.1) is 0 Å². The second kappa shape index (κ2) is 10.1. The van der Waals surface area contributed by atoms with E-state index in [2.05, 4.69) is 15.9 Å². The number of benzene rings is 3. The number of halogens is 1. The molecule has 0 fully saturated rings. The fraction of sp³-hybridized carbons (Fsp3) is 0.231. The van der Waals surface area contributed by atoms with E-state index in [9.17, 15) is 14.7 Å². The van der Waals surface area contributed by atoms with E-state index < -0.39 is 11.9 Å². The van der Waals surface area contributed by atoms with Gasteiger partial charge in [0.05, 0.1) is 17.1 Å². The van der Waals surface area contributed by atoms with Crippen LogP contribution in [-0.2, 0) is 6.61 Å². The van der Waals surface area contributed by atoms with Gasteiger partial charge in [-0.2, -0.15) is 0 Å². The van der Waals surface area contributed by atoms with Crippen molar-refractivity contribution >= 4 is 27.9 Å². The second-order valence-electron chi connectivity index (χ2n) is 7.68. The van der Waals surface area contributed by atoms with Gasteiger partial charge in [0.25, 0.3) is 0 Å². The number of rotatable bonds is 7. The summed E-state index contributed by atoms with van der Waals surface area (Å²) in [7, 11) is 1.48. The maximum absolute atomic E-state index is 13.2. The maximum Gasteiger partial charge on any atom is 0.347 e. The molecule has 6 nitrogen and oxygen atoms in total. The Balaban J connectivity index is 1.92. The number of carboxylic acids is 1. The summed E-state index contributed by atoms with van der Waals surface area (Å²) in [6.45, 7) is 7.25. The number of esters is 1. The van der Waals surface area contributed by atoms with Crippen molar-refractivity contribution in [3.05, 3.63) is 85.9 Å². The molecule has 0 aliphatic rings. The number of ether oxygens (including phenoxy) is 3. The van der Waals surface area contributed by atoms with Crippen LogP contribution in [0.1, 0.15) is 48.5 Å². The molecule has 0 aliphatic carbocycles. The smallest absolute Gasteiger partial charge is 0.347 e. The van der Waals surface area contributed by atoms with Crippen molar-refractivity contribution in [1.82, 2.24) is 0 Å². The van der Waals surface area contributed by atoms with E-state index in [0.717, 1.165) is 5.56 Å². The first kappa shape index (κ1) is 24.3. The molecule has 172 valence electrons. The third-order valence-corrected chi connectivity index (χ3v) is 6.49. The lowest BCUT2D eigenvalue weighted by atomic mass is 9.97. The Hall–Kier alpha value is -3.32. The minimum absolute atomic E-state index is 0.188. The van der Waals surface area contributed by atoms with Crippen LogP contribution in [0.2, 0.25) is 0 Å². The van der Waals surface area contributed by atoms with Crippen molar-refractivity contribution in [2.24, 2.45) is 0 Å². The molecule has 33 heavy (non-hydrogen) atoms. The van der Waals surface area contributed by atoms with Crippen molar-refractivity contribution in [3.8, 4) is 17.2 Å². The molecule has 3 aromatic carbocycles. The number of hydrogen-bond donors (Lipinski definition) is 1. The first-order valence-electron chi connectivity index (χ1n) is 10.3. The third-order valence-electron chi connectivity index (χ3n) is 5.54. The van der Waals surface area contributed by atoms with Gasteiger partial charge in [-0.3, -0.25) is 0 Å². The summed E-state index contributed by atoms with van der Waals surface area (Å²) in [5.74, 6) is -0.460. The summed E-state index contributed by atoms with van der Waals surface area (Å²) in [6, 6.07) is 13.2. The van der Waals surface area contributed by atoms with Gasteiger partial charge in [-0.1, -0.05) is 30.3 Å². The van der Waals surface area contributed by atoms with Crippen LogP contribution < -0.4 is 14.2 Å². The van der Waals surface area contributed by atoms with E-state index in [4.69, 9.17) is 14.2 Å². The predicted octanol–water partition coefficient (Wildman–Crippen LogP) is 6.19. The molecular weight excluding hydrogens is 488 g/mol. The molecule has 0 saturated carbocycles. The molecule has 0 spiro atoms. The van der Waals surface area contributed by atoms with Crippen LogP contribution >= 0.6 is 15.9 Å². The number of aryl methyl sites for hydroxylation is 1. The lowest BCUT2D eigenvalue weighted by molar-refractivity contribution is 0.0694. The Morgan fingerprint density at radius 2 is 1.61 bits per heavy atom. The Kier molecular flexibility index (Phi) is 7.43. The zero-order valence-electron chi connectivity index (χ0n) is 19.1. The molecule has 3 rings (SSSR count). The Bertz CT molecular complexity index is 1190. The number of carboxylic acid groups (broad SMARTS) is 1. The maximum atomic E-state index is 13.2. The lowest BCUT2D eigenvalue weighted by Gasteiger charge is -2.18. The summed E-state index contributed by atoms with van der Waals surface area (Å²) in [5, 5.41) is 9.54. The minimum atomic E-state index is -1.03. The molecule has 0 bridgehead atoms. The standard InChI is InChI=1S/C26H25BrO6/c1-14-11-19(32-13-18-9-7-6-8-10-18)12-20(31-5)21(14)26(30)33-24-16(3)15(2)22(25(28)29)17(4)23(24)27/h6-12H,13H2,1-5H3,(H,28,29). The molecule has 0 amide bonds. The van der Waals surface area contributed by atoms with Crippen molar-refractivity contribution < 1.29 is 28.9 Å². The number of aromatic carboxylic acids is 1. The molecule has 1 N–H and O–H groups in total. The van der Waals surface area contributed by atoms with Gasteiger partial charge in [0.1, 0.15) is 29.4 Å². The zero-order valence-corrected chi connectivity index (χ0v) is 20.7. The Morgan fingerprint density at radius 3 is 2.21 bits per heavy atom. The van der Waals surface area contributed by atoms with E-state index >= 15 is 0 Å². The molecule has 0 heterocycles. The molecule has 0 aliphatic heterocycles. The van der Waals surface area contributed by atoms with Gasteiger partial charge in [-0.05, 0) is 77.5 Å². The van der Waals surface area contributed by atoms with Crippen LogP contribution in [0.3, 0.4) is 0 Å². The number of methoxy groups -OCH3 is 1. The van der Waals surface area contributed by atoms with E-state index in [1.807, 2.05) is 30.3 Å². The van der Waals surface area contributed by atoms with E-state index in [0.29, 0.717) is 44.8 Å². The van der Waals surface area contributed by atoms with E-state index in [1.54, 1.807) is 39.8 Å². The SMILES string of the molecule is COc1cc(OCc2ccccc2)cc(C)c1C(=O)Oc1c(C)c(C)c(C(=O)O)c(C)c1Br. The monoisotopic (exact) mass is 512 g/mol. The van der Waals surface area contributed by atoms with Crippen molar-refractivity contribution in [3.63, 3.8) is 0 Å². The van der Waals surface area contributed by atoms with Crippen LogP contribution in [0.25, 0.3) is 0 Å². The van der Waals surface area contributed by atoms with Crippen LogP contribution in [0.5, 0.6) is 17.2 Å². The highest BCUT2D eigenvalue weighted by Crippen LogP contribution is 2.39. The molecule has 0 aromatic heterocycles. The van der Waals surface area contributed by atoms with Gasteiger partial charge < -0.3 is 19.3 Å². The van der Waals surface area contributed by atoms with E-state index in [1.165, 1.54) is 7.11 Å². The molecule has 0 unspecified atom stereocenters. The normalized spacial score (nSPS) is 10.6. The van der Waals surface area contributed by atoms with Crippen LogP contribution in [0, 0.1) is 27.7 Å². The molecule has 0 radical (unpaired) electrons. The Labute approximate surface area is 201 Å².